The summed E-state index contributed by atoms with van der Waals surface area (Å²) in [5.74, 6) is 0.277. The van der Waals surface area contributed by atoms with Crippen LogP contribution >= 0.6 is 12.2 Å². The van der Waals surface area contributed by atoms with Crippen LogP contribution in [0.5, 0.6) is 5.75 Å². The Morgan fingerprint density at radius 2 is 1.89 bits per heavy atom. The van der Waals surface area contributed by atoms with Crippen molar-refractivity contribution in [1.29, 1.82) is 0 Å². The van der Waals surface area contributed by atoms with E-state index in [2.05, 4.69) is 20.6 Å². The molecule has 0 spiro atoms. The first-order chi connectivity index (χ1) is 13.1. The predicted octanol–water partition coefficient (Wildman–Crippen LogP) is 3.49. The number of anilines is 1. The fourth-order valence-corrected chi connectivity index (χ4v) is 2.45. The largest absolute Gasteiger partial charge is 0.489 e. The van der Waals surface area contributed by atoms with E-state index in [9.17, 15) is 4.79 Å². The maximum Gasteiger partial charge on any atom is 0.277 e. The number of ether oxygens (including phenoxy) is 1. The predicted molar refractivity (Wildman–Crippen MR) is 108 cm³/mol. The number of thiocarbonyl (C=S) groups is 1. The number of benzene rings is 2. The third-order valence-electron chi connectivity index (χ3n) is 3.58. The molecule has 0 saturated heterocycles. The maximum atomic E-state index is 12.1. The lowest BCUT2D eigenvalue weighted by atomic mass is 10.2. The fourth-order valence-electron chi connectivity index (χ4n) is 2.24. The number of aryl methyl sites for hydroxylation is 1. The Bertz CT molecular complexity index is 930. The van der Waals surface area contributed by atoms with Crippen molar-refractivity contribution in [3.8, 4) is 5.75 Å². The zero-order valence-electron chi connectivity index (χ0n) is 14.7. The van der Waals surface area contributed by atoms with E-state index in [1.54, 1.807) is 6.92 Å². The first-order valence-corrected chi connectivity index (χ1v) is 8.69. The van der Waals surface area contributed by atoms with Gasteiger partial charge in [-0.05, 0) is 36.8 Å². The number of amides is 1. The lowest BCUT2D eigenvalue weighted by Crippen LogP contribution is -2.34. The van der Waals surface area contributed by atoms with Crippen molar-refractivity contribution in [2.24, 2.45) is 0 Å². The number of rotatable bonds is 5. The van der Waals surface area contributed by atoms with Crippen LogP contribution in [-0.2, 0) is 6.61 Å². The summed E-state index contributed by atoms with van der Waals surface area (Å²) in [6.07, 6.45) is 2.93. The highest BCUT2D eigenvalue weighted by atomic mass is 32.1. The molecule has 0 atom stereocenters. The highest BCUT2D eigenvalue weighted by Crippen LogP contribution is 2.18. The lowest BCUT2D eigenvalue weighted by molar-refractivity contribution is 0.0972. The van der Waals surface area contributed by atoms with Crippen molar-refractivity contribution in [3.63, 3.8) is 0 Å². The van der Waals surface area contributed by atoms with E-state index in [0.717, 1.165) is 11.3 Å². The van der Waals surface area contributed by atoms with Crippen LogP contribution in [0.2, 0.25) is 0 Å². The smallest absolute Gasteiger partial charge is 0.277 e. The van der Waals surface area contributed by atoms with Gasteiger partial charge in [-0.15, -0.1) is 0 Å². The molecule has 1 aromatic heterocycles. The molecule has 0 bridgehead atoms. The van der Waals surface area contributed by atoms with Gasteiger partial charge >= 0.3 is 0 Å². The summed E-state index contributed by atoms with van der Waals surface area (Å²) < 4.78 is 5.79. The molecule has 1 amide bonds. The number of nitrogens with one attached hydrogen (secondary N) is 2. The molecule has 0 saturated carbocycles. The summed E-state index contributed by atoms with van der Waals surface area (Å²) in [5.41, 5.74) is 2.72. The molecule has 0 aliphatic carbocycles. The van der Waals surface area contributed by atoms with Gasteiger partial charge in [0.1, 0.15) is 18.1 Å². The van der Waals surface area contributed by atoms with Crippen LogP contribution in [0.1, 0.15) is 21.7 Å². The van der Waals surface area contributed by atoms with Gasteiger partial charge in [0.15, 0.2) is 5.11 Å². The van der Waals surface area contributed by atoms with E-state index < -0.39 is 5.91 Å². The number of carbonyl (C=O) groups excluding carboxylic acids is 1. The standard InChI is InChI=1S/C20H18N4O2S/c1-14-11-22-18(12-21-14)19(25)24-20(27)23-16-8-5-9-17(10-16)26-13-15-6-3-2-4-7-15/h2-12H,13H2,1H3,(H2,23,24,25,27). The molecule has 0 aliphatic heterocycles. The van der Waals surface area contributed by atoms with Crippen molar-refractivity contribution in [3.05, 3.63) is 83.9 Å². The number of hydrogen-bond donors (Lipinski definition) is 2. The quantitative estimate of drug-likeness (QED) is 0.662. The SMILES string of the molecule is Cc1cnc(C(=O)NC(=S)Nc2cccc(OCc3ccccc3)c2)cn1. The van der Waals surface area contributed by atoms with Gasteiger partial charge in [0, 0.05) is 18.0 Å². The molecular formula is C20H18N4O2S. The Morgan fingerprint density at radius 3 is 2.63 bits per heavy atom. The second kappa shape index (κ2) is 8.86. The summed E-state index contributed by atoms with van der Waals surface area (Å²) in [4.78, 5) is 20.2. The van der Waals surface area contributed by atoms with Gasteiger partial charge < -0.3 is 10.1 Å². The monoisotopic (exact) mass is 378 g/mol. The van der Waals surface area contributed by atoms with Crippen LogP contribution in [0.4, 0.5) is 5.69 Å². The van der Waals surface area contributed by atoms with Crippen LogP contribution in [0.15, 0.2) is 67.0 Å². The Kier molecular flexibility index (Phi) is 6.06. The molecule has 0 radical (unpaired) electrons. The number of carbonyl (C=O) groups is 1. The lowest BCUT2D eigenvalue weighted by Gasteiger charge is -2.11. The first kappa shape index (κ1) is 18.5. The van der Waals surface area contributed by atoms with Gasteiger partial charge in [0.2, 0.25) is 0 Å². The van der Waals surface area contributed by atoms with Crippen LogP contribution in [0.3, 0.4) is 0 Å². The van der Waals surface area contributed by atoms with Crippen LogP contribution in [0.25, 0.3) is 0 Å². The highest BCUT2D eigenvalue weighted by Gasteiger charge is 2.10. The Morgan fingerprint density at radius 1 is 1.07 bits per heavy atom. The molecule has 7 heteroatoms. The number of hydrogen-bond acceptors (Lipinski definition) is 5. The molecule has 0 aliphatic rings. The minimum absolute atomic E-state index is 0.169. The van der Waals surface area contributed by atoms with Crippen LogP contribution in [0, 0.1) is 6.92 Å². The molecule has 0 unspecified atom stereocenters. The van der Waals surface area contributed by atoms with Gasteiger partial charge in [0.05, 0.1) is 11.9 Å². The van der Waals surface area contributed by atoms with Gasteiger partial charge in [0.25, 0.3) is 5.91 Å². The van der Waals surface area contributed by atoms with E-state index >= 15 is 0 Å². The van der Waals surface area contributed by atoms with E-state index in [0.29, 0.717) is 18.0 Å². The summed E-state index contributed by atoms with van der Waals surface area (Å²) in [7, 11) is 0. The van der Waals surface area contributed by atoms with E-state index in [4.69, 9.17) is 17.0 Å². The van der Waals surface area contributed by atoms with Crippen LogP contribution in [-0.4, -0.2) is 21.0 Å². The maximum absolute atomic E-state index is 12.1. The normalized spacial score (nSPS) is 10.1. The van der Waals surface area contributed by atoms with Gasteiger partial charge in [-0.3, -0.25) is 15.1 Å². The molecule has 1 heterocycles. The molecule has 3 rings (SSSR count). The second-order valence-corrected chi connectivity index (χ2v) is 6.16. The van der Waals surface area contributed by atoms with E-state index in [1.165, 1.54) is 12.4 Å². The summed E-state index contributed by atoms with van der Waals surface area (Å²) in [5, 5.41) is 5.71. The molecule has 2 aromatic carbocycles. The van der Waals surface area contributed by atoms with Crippen molar-refractivity contribution >= 4 is 28.9 Å². The molecule has 2 N–H and O–H groups in total. The van der Waals surface area contributed by atoms with Gasteiger partial charge in [-0.1, -0.05) is 36.4 Å². The van der Waals surface area contributed by atoms with Crippen molar-refractivity contribution in [1.82, 2.24) is 15.3 Å². The molecule has 6 nitrogen and oxygen atoms in total. The summed E-state index contributed by atoms with van der Waals surface area (Å²) in [6.45, 7) is 2.27. The van der Waals surface area contributed by atoms with Crippen molar-refractivity contribution in [2.45, 2.75) is 13.5 Å². The molecule has 27 heavy (non-hydrogen) atoms. The highest BCUT2D eigenvalue weighted by molar-refractivity contribution is 7.80. The van der Waals surface area contributed by atoms with Crippen LogP contribution < -0.4 is 15.4 Å². The first-order valence-electron chi connectivity index (χ1n) is 8.28. The summed E-state index contributed by atoms with van der Waals surface area (Å²) >= 11 is 5.19. The van der Waals surface area contributed by atoms with E-state index in [-0.39, 0.29) is 10.8 Å². The van der Waals surface area contributed by atoms with Crippen molar-refractivity contribution in [2.75, 3.05) is 5.32 Å². The molecule has 0 fully saturated rings. The third kappa shape index (κ3) is 5.58. The average molecular weight is 378 g/mol. The van der Waals surface area contributed by atoms with Crippen molar-refractivity contribution < 1.29 is 9.53 Å². The molecule has 136 valence electrons. The van der Waals surface area contributed by atoms with Gasteiger partial charge in [-0.25, -0.2) is 4.98 Å². The Labute approximate surface area is 162 Å². The van der Waals surface area contributed by atoms with Gasteiger partial charge in [-0.2, -0.15) is 0 Å². The fraction of sp³-hybridized carbons (Fsp3) is 0.100. The minimum Gasteiger partial charge on any atom is -0.489 e. The zero-order valence-corrected chi connectivity index (χ0v) is 15.5. The zero-order chi connectivity index (χ0) is 19.1. The summed E-state index contributed by atoms with van der Waals surface area (Å²) in [6, 6.07) is 17.3. The number of aromatic nitrogens is 2. The Balaban J connectivity index is 1.56. The Hall–Kier alpha value is -3.32. The topological polar surface area (TPSA) is 76.1 Å². The molecule has 3 aromatic rings. The van der Waals surface area contributed by atoms with E-state index in [1.807, 2.05) is 54.6 Å². The minimum atomic E-state index is -0.420. The average Bonchev–Trinajstić information content (AvgIpc) is 2.68. The third-order valence-corrected chi connectivity index (χ3v) is 3.78. The molecular weight excluding hydrogens is 360 g/mol. The second-order valence-electron chi connectivity index (χ2n) is 5.75. The number of nitrogens with zero attached hydrogens (tertiary/aromatic N) is 2.